The summed E-state index contributed by atoms with van der Waals surface area (Å²) in [6.07, 6.45) is -2.86. The number of benzene rings is 1. The van der Waals surface area contributed by atoms with Crippen LogP contribution in [-0.4, -0.2) is 26.3 Å². The molecule has 0 saturated heterocycles. The molecular formula is C15H16ClF3N4OS. The number of anilines is 1. The number of hydrogen-bond acceptors (Lipinski definition) is 4. The number of H-pyrrole nitrogens is 1. The lowest BCUT2D eigenvalue weighted by Gasteiger charge is -2.13. The monoisotopic (exact) mass is 392 g/mol. The molecule has 2 N–H and O–H groups in total. The van der Waals surface area contributed by atoms with Gasteiger partial charge in [0.05, 0.1) is 21.5 Å². The van der Waals surface area contributed by atoms with Crippen LogP contribution in [0.25, 0.3) is 0 Å². The average Bonchev–Trinajstić information content (AvgIpc) is 2.95. The van der Waals surface area contributed by atoms with Gasteiger partial charge in [-0.1, -0.05) is 30.3 Å². The number of amides is 1. The topological polar surface area (TPSA) is 70.7 Å². The molecule has 25 heavy (non-hydrogen) atoms. The molecule has 1 aromatic carbocycles. The number of aromatic nitrogens is 3. The van der Waals surface area contributed by atoms with Crippen LogP contribution in [0.5, 0.6) is 0 Å². The van der Waals surface area contributed by atoms with Gasteiger partial charge in [0.15, 0.2) is 0 Å². The third-order valence-corrected chi connectivity index (χ3v) is 4.49. The Morgan fingerprint density at radius 2 is 2.16 bits per heavy atom. The molecule has 2 rings (SSSR count). The first-order chi connectivity index (χ1) is 11.7. The van der Waals surface area contributed by atoms with Gasteiger partial charge >= 0.3 is 6.18 Å². The van der Waals surface area contributed by atoms with Crippen molar-refractivity contribution in [3.63, 3.8) is 0 Å². The molecule has 2 aromatic rings. The number of halogens is 4. The van der Waals surface area contributed by atoms with E-state index in [0.717, 1.165) is 48.6 Å². The Morgan fingerprint density at radius 3 is 2.80 bits per heavy atom. The van der Waals surface area contributed by atoms with E-state index in [1.807, 2.05) is 6.92 Å². The fraction of sp³-hybridized carbons (Fsp3) is 0.400. The normalized spacial score (nSPS) is 12.9. The van der Waals surface area contributed by atoms with E-state index < -0.39 is 22.9 Å². The van der Waals surface area contributed by atoms with Crippen molar-refractivity contribution in [2.75, 3.05) is 5.32 Å². The number of aromatic amines is 1. The molecule has 1 amide bonds. The van der Waals surface area contributed by atoms with E-state index in [1.165, 1.54) is 0 Å². The highest BCUT2D eigenvalue weighted by molar-refractivity contribution is 8.00. The van der Waals surface area contributed by atoms with Crippen molar-refractivity contribution in [1.82, 2.24) is 15.2 Å². The van der Waals surface area contributed by atoms with Gasteiger partial charge in [0.1, 0.15) is 5.82 Å². The van der Waals surface area contributed by atoms with Crippen LogP contribution in [-0.2, 0) is 17.4 Å². The van der Waals surface area contributed by atoms with Gasteiger partial charge in [0, 0.05) is 6.42 Å². The molecule has 1 atom stereocenters. The number of carbonyl (C=O) groups is 1. The molecule has 0 saturated carbocycles. The van der Waals surface area contributed by atoms with E-state index in [1.54, 1.807) is 6.92 Å². The van der Waals surface area contributed by atoms with Crippen molar-refractivity contribution in [1.29, 1.82) is 0 Å². The van der Waals surface area contributed by atoms with Gasteiger partial charge in [-0.3, -0.25) is 9.89 Å². The van der Waals surface area contributed by atoms with E-state index in [4.69, 9.17) is 11.6 Å². The summed E-state index contributed by atoms with van der Waals surface area (Å²) in [5, 5.41) is 9.01. The average molecular weight is 393 g/mol. The Labute approximate surface area is 151 Å². The summed E-state index contributed by atoms with van der Waals surface area (Å²) in [6.45, 7) is 3.61. The number of carbonyl (C=O) groups excluding carboxylic acids is 1. The minimum Gasteiger partial charge on any atom is -0.324 e. The number of rotatable bonds is 6. The van der Waals surface area contributed by atoms with Crippen LogP contribution < -0.4 is 5.32 Å². The minimum absolute atomic E-state index is 0.0293. The van der Waals surface area contributed by atoms with Gasteiger partial charge in [-0.25, -0.2) is 4.98 Å². The summed E-state index contributed by atoms with van der Waals surface area (Å²) in [5.41, 5.74) is -0.971. The van der Waals surface area contributed by atoms with Gasteiger partial charge in [0.25, 0.3) is 0 Å². The highest BCUT2D eigenvalue weighted by atomic mass is 35.5. The maximum absolute atomic E-state index is 12.8. The minimum atomic E-state index is -4.51. The van der Waals surface area contributed by atoms with Crippen molar-refractivity contribution < 1.29 is 18.0 Å². The molecule has 136 valence electrons. The zero-order chi connectivity index (χ0) is 18.6. The van der Waals surface area contributed by atoms with Crippen molar-refractivity contribution in [3.8, 4) is 0 Å². The first kappa shape index (κ1) is 19.6. The number of nitrogens with zero attached hydrogens (tertiary/aromatic N) is 2. The van der Waals surface area contributed by atoms with Crippen LogP contribution in [0.1, 0.15) is 31.7 Å². The molecule has 0 unspecified atom stereocenters. The zero-order valence-corrected chi connectivity index (χ0v) is 15.0. The van der Waals surface area contributed by atoms with Gasteiger partial charge in [-0.05, 0) is 31.5 Å². The molecule has 1 heterocycles. The van der Waals surface area contributed by atoms with E-state index in [-0.39, 0.29) is 10.7 Å². The van der Waals surface area contributed by atoms with Gasteiger partial charge in [-0.2, -0.15) is 13.2 Å². The zero-order valence-electron chi connectivity index (χ0n) is 13.4. The highest BCUT2D eigenvalue weighted by Crippen LogP contribution is 2.34. The molecule has 0 fully saturated rings. The largest absolute Gasteiger partial charge is 0.416 e. The van der Waals surface area contributed by atoms with E-state index in [2.05, 4.69) is 20.5 Å². The van der Waals surface area contributed by atoms with Crippen LogP contribution in [0.15, 0.2) is 23.4 Å². The van der Waals surface area contributed by atoms with Gasteiger partial charge in [-0.15, -0.1) is 5.10 Å². The predicted molar refractivity (Wildman–Crippen MR) is 90.8 cm³/mol. The third kappa shape index (κ3) is 5.37. The van der Waals surface area contributed by atoms with Gasteiger partial charge < -0.3 is 5.32 Å². The fourth-order valence-corrected chi connectivity index (χ4v) is 2.83. The van der Waals surface area contributed by atoms with E-state index in [0.29, 0.717) is 5.16 Å². The molecule has 0 aliphatic carbocycles. The van der Waals surface area contributed by atoms with Crippen molar-refractivity contribution >= 4 is 35.0 Å². The van der Waals surface area contributed by atoms with Crippen molar-refractivity contribution in [3.05, 3.63) is 34.6 Å². The van der Waals surface area contributed by atoms with Crippen LogP contribution in [0.2, 0.25) is 5.02 Å². The lowest BCUT2D eigenvalue weighted by molar-refractivity contribution is -0.137. The van der Waals surface area contributed by atoms with E-state index >= 15 is 0 Å². The second-order valence-corrected chi connectivity index (χ2v) is 6.97. The molecule has 5 nitrogen and oxygen atoms in total. The molecular weight excluding hydrogens is 377 g/mol. The Bertz CT molecular complexity index is 751. The molecule has 0 spiro atoms. The number of alkyl halides is 3. The summed E-state index contributed by atoms with van der Waals surface area (Å²) in [6, 6.07) is 2.77. The lowest BCUT2D eigenvalue weighted by Crippen LogP contribution is -2.23. The second-order valence-electron chi connectivity index (χ2n) is 5.26. The Kier molecular flexibility index (Phi) is 6.34. The fourth-order valence-electron chi connectivity index (χ4n) is 1.92. The Hall–Kier alpha value is -1.74. The number of thioether (sulfide) groups is 1. The summed E-state index contributed by atoms with van der Waals surface area (Å²) in [5.74, 6) is 0.228. The summed E-state index contributed by atoms with van der Waals surface area (Å²) < 4.78 is 38.3. The summed E-state index contributed by atoms with van der Waals surface area (Å²) in [4.78, 5) is 16.5. The van der Waals surface area contributed by atoms with Crippen LogP contribution >= 0.6 is 23.4 Å². The number of nitrogens with one attached hydrogen (secondary N) is 2. The standard InChI is InChI=1S/C15H16ClF3N4OS/c1-3-4-12-21-14(23-22-12)25-8(2)13(24)20-11-7-9(15(17,18)19)5-6-10(11)16/h5-8H,3-4H2,1-2H3,(H,20,24)(H,21,22,23)/t8-/m1/s1. The second kappa shape index (κ2) is 8.09. The van der Waals surface area contributed by atoms with E-state index in [9.17, 15) is 18.0 Å². The first-order valence-electron chi connectivity index (χ1n) is 7.46. The summed E-state index contributed by atoms with van der Waals surface area (Å²) >= 11 is 6.98. The summed E-state index contributed by atoms with van der Waals surface area (Å²) in [7, 11) is 0. The smallest absolute Gasteiger partial charge is 0.324 e. The van der Waals surface area contributed by atoms with Crippen molar-refractivity contribution in [2.24, 2.45) is 0 Å². The molecule has 0 aliphatic rings. The maximum Gasteiger partial charge on any atom is 0.416 e. The maximum atomic E-state index is 12.8. The third-order valence-electron chi connectivity index (χ3n) is 3.20. The lowest BCUT2D eigenvalue weighted by atomic mass is 10.2. The number of aryl methyl sites for hydroxylation is 1. The first-order valence-corrected chi connectivity index (χ1v) is 8.72. The molecule has 10 heteroatoms. The SMILES string of the molecule is CCCc1nc(S[C@H](C)C(=O)Nc2cc(C(F)(F)F)ccc2Cl)n[nH]1. The highest BCUT2D eigenvalue weighted by Gasteiger charge is 2.31. The Balaban J connectivity index is 2.05. The molecule has 1 aromatic heterocycles. The number of hydrogen-bond donors (Lipinski definition) is 2. The predicted octanol–water partition coefficient (Wildman–Crippen LogP) is 4.55. The molecule has 0 bridgehead atoms. The quantitative estimate of drug-likeness (QED) is 0.707. The van der Waals surface area contributed by atoms with Gasteiger partial charge in [0.2, 0.25) is 11.1 Å². The van der Waals surface area contributed by atoms with Crippen LogP contribution in [0.4, 0.5) is 18.9 Å². The molecule has 0 aliphatic heterocycles. The van der Waals surface area contributed by atoms with Crippen LogP contribution in [0.3, 0.4) is 0 Å². The Morgan fingerprint density at radius 1 is 1.44 bits per heavy atom. The van der Waals surface area contributed by atoms with Crippen LogP contribution in [0, 0.1) is 0 Å². The van der Waals surface area contributed by atoms with Crippen molar-refractivity contribution in [2.45, 2.75) is 43.3 Å². The molecule has 0 radical (unpaired) electrons.